The van der Waals surface area contributed by atoms with E-state index < -0.39 is 23.0 Å². The standard InChI is InChI=1S/C25H21F2NO3/c1-14-8-19-23(30)11-25(2,3)31-24(19)10-17(14)15-4-6-16(7-5-15)22(29)9-18-20(26)12-28-13-21(18)27/h4-8,10,12-13H,9,11H2,1-3H3. The molecule has 4 rings (SSSR count). The lowest BCUT2D eigenvalue weighted by atomic mass is 9.89. The number of Topliss-reactive ketones (excluding diaryl/α,β-unsaturated/α-hetero) is 2. The lowest BCUT2D eigenvalue weighted by Crippen LogP contribution is -2.35. The molecule has 0 saturated carbocycles. The molecule has 0 radical (unpaired) electrons. The van der Waals surface area contributed by atoms with Gasteiger partial charge in [-0.15, -0.1) is 0 Å². The number of carbonyl (C=O) groups excluding carboxylic acids is 2. The first-order chi connectivity index (χ1) is 14.6. The Balaban J connectivity index is 1.61. The Hall–Kier alpha value is -3.41. The molecule has 2 aromatic carbocycles. The average Bonchev–Trinajstić information content (AvgIpc) is 2.70. The summed E-state index contributed by atoms with van der Waals surface area (Å²) in [6, 6.07) is 10.5. The summed E-state index contributed by atoms with van der Waals surface area (Å²) in [5, 5.41) is 0. The molecule has 0 N–H and O–H groups in total. The molecule has 1 aliphatic heterocycles. The van der Waals surface area contributed by atoms with Crippen molar-refractivity contribution in [3.05, 3.63) is 82.7 Å². The molecular weight excluding hydrogens is 400 g/mol. The molecule has 0 unspecified atom stereocenters. The van der Waals surface area contributed by atoms with Gasteiger partial charge in [-0.2, -0.15) is 0 Å². The Morgan fingerprint density at radius 1 is 1.06 bits per heavy atom. The van der Waals surface area contributed by atoms with Gasteiger partial charge in [0.05, 0.1) is 24.4 Å². The molecule has 0 bridgehead atoms. The van der Waals surface area contributed by atoms with E-state index in [4.69, 9.17) is 4.74 Å². The highest BCUT2D eigenvalue weighted by Gasteiger charge is 2.33. The summed E-state index contributed by atoms with van der Waals surface area (Å²) in [6.45, 7) is 5.67. The quantitative estimate of drug-likeness (QED) is 0.522. The smallest absolute Gasteiger partial charge is 0.170 e. The lowest BCUT2D eigenvalue weighted by Gasteiger charge is -2.32. The van der Waals surface area contributed by atoms with Gasteiger partial charge in [0.15, 0.2) is 11.6 Å². The largest absolute Gasteiger partial charge is 0.487 e. The van der Waals surface area contributed by atoms with E-state index in [9.17, 15) is 18.4 Å². The first-order valence-corrected chi connectivity index (χ1v) is 9.93. The average molecular weight is 421 g/mol. The molecular formula is C25H21F2NO3. The van der Waals surface area contributed by atoms with Gasteiger partial charge in [0, 0.05) is 17.5 Å². The van der Waals surface area contributed by atoms with Gasteiger partial charge in [0.25, 0.3) is 0 Å². The van der Waals surface area contributed by atoms with Crippen LogP contribution >= 0.6 is 0 Å². The number of rotatable bonds is 4. The van der Waals surface area contributed by atoms with Gasteiger partial charge in [-0.25, -0.2) is 8.78 Å². The van der Waals surface area contributed by atoms with Gasteiger partial charge < -0.3 is 4.74 Å². The van der Waals surface area contributed by atoms with Crippen LogP contribution in [0.1, 0.15) is 52.1 Å². The Labute approximate surface area is 178 Å². The number of nitrogens with zero attached hydrogens (tertiary/aromatic N) is 1. The number of carbonyl (C=O) groups is 2. The zero-order chi connectivity index (χ0) is 22.3. The van der Waals surface area contributed by atoms with Gasteiger partial charge in [-0.1, -0.05) is 24.3 Å². The summed E-state index contributed by atoms with van der Waals surface area (Å²) < 4.78 is 33.6. The van der Waals surface area contributed by atoms with Gasteiger partial charge in [-0.05, 0) is 49.6 Å². The topological polar surface area (TPSA) is 56.3 Å². The Bertz CT molecular complexity index is 1180. The summed E-state index contributed by atoms with van der Waals surface area (Å²) >= 11 is 0. The zero-order valence-electron chi connectivity index (χ0n) is 17.5. The van der Waals surface area contributed by atoms with Crippen molar-refractivity contribution in [3.63, 3.8) is 0 Å². The molecule has 0 saturated heterocycles. The van der Waals surface area contributed by atoms with E-state index in [1.54, 1.807) is 24.3 Å². The van der Waals surface area contributed by atoms with E-state index in [-0.39, 0.29) is 17.8 Å². The number of hydrogen-bond donors (Lipinski definition) is 0. The minimum atomic E-state index is -0.841. The van der Waals surface area contributed by atoms with Crippen molar-refractivity contribution in [2.45, 2.75) is 39.2 Å². The van der Waals surface area contributed by atoms with Crippen molar-refractivity contribution < 1.29 is 23.1 Å². The first kappa shape index (κ1) is 20.8. The van der Waals surface area contributed by atoms with Crippen LogP contribution < -0.4 is 4.74 Å². The van der Waals surface area contributed by atoms with Crippen LogP contribution in [0.4, 0.5) is 8.78 Å². The Morgan fingerprint density at radius 3 is 2.35 bits per heavy atom. The maximum Gasteiger partial charge on any atom is 0.170 e. The molecule has 158 valence electrons. The second-order valence-corrected chi connectivity index (χ2v) is 8.38. The third kappa shape index (κ3) is 4.10. The number of ketones is 2. The fraction of sp³-hybridized carbons (Fsp3) is 0.240. The Kier molecular flexibility index (Phi) is 5.17. The van der Waals surface area contributed by atoms with Crippen molar-refractivity contribution >= 4 is 11.6 Å². The molecule has 4 nitrogen and oxygen atoms in total. The molecule has 0 fully saturated rings. The summed E-state index contributed by atoms with van der Waals surface area (Å²) in [7, 11) is 0. The normalized spacial score (nSPS) is 14.7. The SMILES string of the molecule is Cc1cc2c(cc1-c1ccc(C(=O)Cc3c(F)cncc3F)cc1)OC(C)(C)CC2=O. The maximum absolute atomic E-state index is 13.8. The minimum Gasteiger partial charge on any atom is -0.487 e. The van der Waals surface area contributed by atoms with Crippen LogP contribution in [0.15, 0.2) is 48.8 Å². The Morgan fingerprint density at radius 2 is 1.71 bits per heavy atom. The number of hydrogen-bond acceptors (Lipinski definition) is 4. The predicted molar refractivity (Wildman–Crippen MR) is 112 cm³/mol. The molecule has 0 amide bonds. The molecule has 2 heterocycles. The van der Waals surface area contributed by atoms with Crippen molar-refractivity contribution in [3.8, 4) is 16.9 Å². The van der Waals surface area contributed by atoms with Crippen LogP contribution in [0.5, 0.6) is 5.75 Å². The monoisotopic (exact) mass is 421 g/mol. The number of aryl methyl sites for hydroxylation is 1. The van der Waals surface area contributed by atoms with Crippen molar-refractivity contribution in [2.24, 2.45) is 0 Å². The van der Waals surface area contributed by atoms with Crippen molar-refractivity contribution in [1.29, 1.82) is 0 Å². The molecule has 3 aromatic rings. The molecule has 1 aromatic heterocycles. The second-order valence-electron chi connectivity index (χ2n) is 8.38. The fourth-order valence-corrected chi connectivity index (χ4v) is 3.82. The van der Waals surface area contributed by atoms with E-state index in [1.807, 2.05) is 32.9 Å². The molecule has 1 aliphatic rings. The summed E-state index contributed by atoms with van der Waals surface area (Å²) in [5.41, 5.74) is 2.71. The van der Waals surface area contributed by atoms with E-state index in [1.165, 1.54) is 0 Å². The highest BCUT2D eigenvalue weighted by Crippen LogP contribution is 2.38. The van der Waals surface area contributed by atoms with Gasteiger partial charge in [0.2, 0.25) is 0 Å². The third-order valence-electron chi connectivity index (χ3n) is 5.41. The summed E-state index contributed by atoms with van der Waals surface area (Å²) in [6.07, 6.45) is 1.72. The molecule has 0 atom stereocenters. The van der Waals surface area contributed by atoms with Crippen LogP contribution in [0, 0.1) is 18.6 Å². The van der Waals surface area contributed by atoms with Gasteiger partial charge >= 0.3 is 0 Å². The highest BCUT2D eigenvalue weighted by atomic mass is 19.1. The van der Waals surface area contributed by atoms with E-state index in [0.29, 0.717) is 23.3 Å². The second kappa shape index (κ2) is 7.69. The van der Waals surface area contributed by atoms with E-state index in [2.05, 4.69) is 4.98 Å². The van der Waals surface area contributed by atoms with Crippen LogP contribution in [-0.2, 0) is 6.42 Å². The van der Waals surface area contributed by atoms with Crippen LogP contribution in [0.25, 0.3) is 11.1 Å². The lowest BCUT2D eigenvalue weighted by molar-refractivity contribution is 0.0620. The molecule has 31 heavy (non-hydrogen) atoms. The zero-order valence-corrected chi connectivity index (χ0v) is 17.5. The number of halogens is 2. The van der Waals surface area contributed by atoms with E-state index >= 15 is 0 Å². The van der Waals surface area contributed by atoms with Gasteiger partial charge in [0.1, 0.15) is 23.0 Å². The molecule has 0 aliphatic carbocycles. The third-order valence-corrected chi connectivity index (χ3v) is 5.41. The van der Waals surface area contributed by atoms with Crippen LogP contribution in [-0.4, -0.2) is 22.2 Å². The van der Waals surface area contributed by atoms with E-state index in [0.717, 1.165) is 29.1 Å². The molecule has 6 heteroatoms. The number of ether oxygens (including phenoxy) is 1. The maximum atomic E-state index is 13.8. The van der Waals surface area contributed by atoms with Crippen LogP contribution in [0.2, 0.25) is 0 Å². The summed E-state index contributed by atoms with van der Waals surface area (Å²) in [4.78, 5) is 28.4. The highest BCUT2D eigenvalue weighted by molar-refractivity contribution is 6.01. The van der Waals surface area contributed by atoms with Gasteiger partial charge in [-0.3, -0.25) is 14.6 Å². The van der Waals surface area contributed by atoms with Crippen molar-refractivity contribution in [2.75, 3.05) is 0 Å². The molecule has 0 spiro atoms. The number of fused-ring (bicyclic) bond motifs is 1. The van der Waals surface area contributed by atoms with Crippen LogP contribution in [0.3, 0.4) is 0 Å². The number of benzene rings is 2. The minimum absolute atomic E-state index is 0.0532. The number of pyridine rings is 1. The first-order valence-electron chi connectivity index (χ1n) is 9.93. The van der Waals surface area contributed by atoms with Crippen molar-refractivity contribution in [1.82, 2.24) is 4.98 Å². The predicted octanol–water partition coefficient (Wildman–Crippen LogP) is 5.50. The number of aromatic nitrogens is 1. The fourth-order valence-electron chi connectivity index (χ4n) is 3.82. The summed E-state index contributed by atoms with van der Waals surface area (Å²) in [5.74, 6) is -1.48.